The highest BCUT2D eigenvalue weighted by Crippen LogP contribution is 2.24. The number of hydrogen-bond acceptors (Lipinski definition) is 3. The van der Waals surface area contributed by atoms with E-state index in [2.05, 4.69) is 35.1 Å². The number of aromatic hydroxyl groups is 1. The van der Waals surface area contributed by atoms with E-state index in [9.17, 15) is 5.11 Å². The molecule has 0 spiro atoms. The minimum absolute atomic E-state index is 0.269. The molecular formula is C13H20BrNO2. The number of ether oxygens (including phenoxy) is 1. The van der Waals surface area contributed by atoms with Gasteiger partial charge in [-0.1, -0.05) is 19.9 Å². The number of halogens is 1. The van der Waals surface area contributed by atoms with Crippen molar-refractivity contribution in [3.8, 4) is 5.75 Å². The third-order valence-corrected chi connectivity index (χ3v) is 3.37. The highest BCUT2D eigenvalue weighted by atomic mass is 79.9. The smallest absolute Gasteiger partial charge is 0.129 e. The van der Waals surface area contributed by atoms with Crippen LogP contribution in [0.2, 0.25) is 0 Å². The van der Waals surface area contributed by atoms with Gasteiger partial charge < -0.3 is 15.2 Å². The molecule has 1 rings (SSSR count). The molecule has 0 aliphatic heterocycles. The van der Waals surface area contributed by atoms with Crippen molar-refractivity contribution in [3.63, 3.8) is 0 Å². The zero-order valence-corrected chi connectivity index (χ0v) is 12.1. The summed E-state index contributed by atoms with van der Waals surface area (Å²) in [6.07, 6.45) is 0. The molecule has 0 aromatic heterocycles. The number of benzene rings is 1. The van der Waals surface area contributed by atoms with Gasteiger partial charge in [0.05, 0.1) is 11.1 Å². The van der Waals surface area contributed by atoms with Crippen LogP contribution in [0.1, 0.15) is 19.4 Å². The van der Waals surface area contributed by atoms with Crippen LogP contribution in [0, 0.1) is 5.92 Å². The first-order valence-electron chi connectivity index (χ1n) is 5.74. The third kappa shape index (κ3) is 4.66. The Morgan fingerprint density at radius 3 is 2.65 bits per heavy atom. The van der Waals surface area contributed by atoms with Crippen molar-refractivity contribution in [1.29, 1.82) is 0 Å². The summed E-state index contributed by atoms with van der Waals surface area (Å²) >= 11 is 3.31. The normalized spacial score (nSPS) is 13.0. The van der Waals surface area contributed by atoms with Crippen molar-refractivity contribution in [3.05, 3.63) is 28.2 Å². The Morgan fingerprint density at radius 2 is 2.12 bits per heavy atom. The minimum atomic E-state index is 0.269. The highest BCUT2D eigenvalue weighted by molar-refractivity contribution is 9.10. The van der Waals surface area contributed by atoms with Gasteiger partial charge in [0.25, 0.3) is 0 Å². The fourth-order valence-electron chi connectivity index (χ4n) is 1.58. The molecule has 3 nitrogen and oxygen atoms in total. The number of methoxy groups -OCH3 is 1. The van der Waals surface area contributed by atoms with Gasteiger partial charge >= 0.3 is 0 Å². The van der Waals surface area contributed by atoms with Crippen LogP contribution in [-0.4, -0.2) is 24.9 Å². The van der Waals surface area contributed by atoms with Gasteiger partial charge in [-0.05, 0) is 39.5 Å². The van der Waals surface area contributed by atoms with E-state index >= 15 is 0 Å². The predicted molar refractivity (Wildman–Crippen MR) is 73.1 cm³/mol. The van der Waals surface area contributed by atoms with Crippen molar-refractivity contribution in [2.24, 2.45) is 5.92 Å². The summed E-state index contributed by atoms with van der Waals surface area (Å²) in [4.78, 5) is 0. The minimum Gasteiger partial charge on any atom is -0.507 e. The first-order chi connectivity index (χ1) is 8.04. The number of rotatable bonds is 6. The SMILES string of the molecule is COCC(NCc1ccc(O)c(Br)c1)C(C)C. The van der Waals surface area contributed by atoms with Gasteiger partial charge in [-0.2, -0.15) is 0 Å². The standard InChI is InChI=1S/C13H20BrNO2/c1-9(2)12(8-17-3)15-7-10-4-5-13(16)11(14)6-10/h4-6,9,12,15-16H,7-8H2,1-3H3. The number of phenols is 1. The van der Waals surface area contributed by atoms with Crippen LogP contribution in [0.4, 0.5) is 0 Å². The Hall–Kier alpha value is -0.580. The van der Waals surface area contributed by atoms with E-state index in [1.807, 2.05) is 12.1 Å². The zero-order chi connectivity index (χ0) is 12.8. The summed E-state index contributed by atoms with van der Waals surface area (Å²) in [5.41, 5.74) is 1.14. The first-order valence-corrected chi connectivity index (χ1v) is 6.53. The second-order valence-corrected chi connectivity index (χ2v) is 5.33. The van der Waals surface area contributed by atoms with Gasteiger partial charge in [0.1, 0.15) is 5.75 Å². The van der Waals surface area contributed by atoms with Gasteiger partial charge in [-0.25, -0.2) is 0 Å². The molecule has 0 heterocycles. The van der Waals surface area contributed by atoms with Crippen LogP contribution in [0.3, 0.4) is 0 Å². The van der Waals surface area contributed by atoms with Crippen LogP contribution in [0.25, 0.3) is 0 Å². The van der Waals surface area contributed by atoms with Crippen molar-refractivity contribution in [2.75, 3.05) is 13.7 Å². The molecule has 0 saturated heterocycles. The number of nitrogens with one attached hydrogen (secondary N) is 1. The molecule has 1 unspecified atom stereocenters. The molecule has 17 heavy (non-hydrogen) atoms. The lowest BCUT2D eigenvalue weighted by molar-refractivity contribution is 0.146. The molecule has 0 amide bonds. The molecule has 0 aliphatic rings. The van der Waals surface area contributed by atoms with E-state index in [1.165, 1.54) is 0 Å². The first kappa shape index (κ1) is 14.5. The molecular weight excluding hydrogens is 282 g/mol. The lowest BCUT2D eigenvalue weighted by Crippen LogP contribution is -2.37. The molecule has 4 heteroatoms. The number of phenolic OH excluding ortho intramolecular Hbond substituents is 1. The van der Waals surface area contributed by atoms with E-state index < -0.39 is 0 Å². The zero-order valence-electron chi connectivity index (χ0n) is 10.5. The van der Waals surface area contributed by atoms with Crippen LogP contribution >= 0.6 is 15.9 Å². The molecule has 1 aromatic rings. The van der Waals surface area contributed by atoms with E-state index in [0.717, 1.165) is 16.6 Å². The maximum atomic E-state index is 9.41. The van der Waals surface area contributed by atoms with Crippen LogP contribution in [0.5, 0.6) is 5.75 Å². The topological polar surface area (TPSA) is 41.5 Å². The second-order valence-electron chi connectivity index (χ2n) is 4.47. The number of hydrogen-bond donors (Lipinski definition) is 2. The Bertz CT molecular complexity index is 355. The Balaban J connectivity index is 2.56. The Labute approximate surface area is 111 Å². The second kappa shape index (κ2) is 6.99. The Morgan fingerprint density at radius 1 is 1.41 bits per heavy atom. The summed E-state index contributed by atoms with van der Waals surface area (Å²) in [5, 5.41) is 12.9. The van der Waals surface area contributed by atoms with Crippen molar-refractivity contribution >= 4 is 15.9 Å². The van der Waals surface area contributed by atoms with E-state index in [-0.39, 0.29) is 5.75 Å². The lowest BCUT2D eigenvalue weighted by atomic mass is 10.0. The van der Waals surface area contributed by atoms with E-state index in [4.69, 9.17) is 4.74 Å². The maximum Gasteiger partial charge on any atom is 0.129 e. The monoisotopic (exact) mass is 301 g/mol. The molecule has 0 fully saturated rings. The molecule has 0 aliphatic carbocycles. The average molecular weight is 302 g/mol. The Kier molecular flexibility index (Phi) is 5.95. The molecule has 2 N–H and O–H groups in total. The van der Waals surface area contributed by atoms with Crippen LogP contribution < -0.4 is 5.32 Å². The molecule has 1 atom stereocenters. The van der Waals surface area contributed by atoms with Gasteiger partial charge in [-0.3, -0.25) is 0 Å². The fraction of sp³-hybridized carbons (Fsp3) is 0.538. The van der Waals surface area contributed by atoms with Crippen molar-refractivity contribution in [2.45, 2.75) is 26.4 Å². The van der Waals surface area contributed by atoms with Crippen LogP contribution in [0.15, 0.2) is 22.7 Å². The van der Waals surface area contributed by atoms with Crippen molar-refractivity contribution < 1.29 is 9.84 Å². The summed E-state index contributed by atoms with van der Waals surface area (Å²) in [6.45, 7) is 5.81. The summed E-state index contributed by atoms with van der Waals surface area (Å²) in [5.74, 6) is 0.793. The van der Waals surface area contributed by atoms with Gasteiger partial charge in [0, 0.05) is 19.7 Å². The third-order valence-electron chi connectivity index (χ3n) is 2.73. The molecule has 0 bridgehead atoms. The lowest BCUT2D eigenvalue weighted by Gasteiger charge is -2.21. The summed E-state index contributed by atoms with van der Waals surface area (Å²) in [6, 6.07) is 5.87. The molecule has 96 valence electrons. The van der Waals surface area contributed by atoms with Crippen LogP contribution in [-0.2, 0) is 11.3 Å². The maximum absolute atomic E-state index is 9.41. The van der Waals surface area contributed by atoms with E-state index in [1.54, 1.807) is 13.2 Å². The molecule has 0 radical (unpaired) electrons. The van der Waals surface area contributed by atoms with Gasteiger partial charge in [0.2, 0.25) is 0 Å². The average Bonchev–Trinajstić information content (AvgIpc) is 2.28. The molecule has 0 saturated carbocycles. The summed E-state index contributed by atoms with van der Waals surface area (Å²) in [7, 11) is 1.72. The largest absolute Gasteiger partial charge is 0.507 e. The molecule has 1 aromatic carbocycles. The van der Waals surface area contributed by atoms with Gasteiger partial charge in [-0.15, -0.1) is 0 Å². The highest BCUT2D eigenvalue weighted by Gasteiger charge is 2.12. The quantitative estimate of drug-likeness (QED) is 0.849. The fourth-order valence-corrected chi connectivity index (χ4v) is 2.00. The van der Waals surface area contributed by atoms with E-state index in [0.29, 0.717) is 18.6 Å². The van der Waals surface area contributed by atoms with Gasteiger partial charge in [0.15, 0.2) is 0 Å². The van der Waals surface area contributed by atoms with Crippen molar-refractivity contribution in [1.82, 2.24) is 5.32 Å². The predicted octanol–water partition coefficient (Wildman–Crippen LogP) is 2.92. The summed E-state index contributed by atoms with van der Waals surface area (Å²) < 4.78 is 5.91.